The number of carbonyl (C=O) groups excluding carboxylic acids is 1. The van der Waals surface area contributed by atoms with Gasteiger partial charge in [-0.2, -0.15) is 0 Å². The van der Waals surface area contributed by atoms with Gasteiger partial charge in [-0.3, -0.25) is 9.52 Å². The van der Waals surface area contributed by atoms with E-state index in [2.05, 4.69) is 4.72 Å². The van der Waals surface area contributed by atoms with Gasteiger partial charge in [0, 0.05) is 17.0 Å². The number of thiophene rings is 1. The zero-order chi connectivity index (χ0) is 17.0. The molecule has 0 fully saturated rings. The fourth-order valence-electron chi connectivity index (χ4n) is 2.17. The maximum atomic E-state index is 12.7. The summed E-state index contributed by atoms with van der Waals surface area (Å²) in [5.74, 6) is -0.113. The lowest BCUT2D eigenvalue weighted by Crippen LogP contribution is -2.30. The van der Waals surface area contributed by atoms with E-state index in [9.17, 15) is 13.2 Å². The summed E-state index contributed by atoms with van der Waals surface area (Å²) in [5.41, 5.74) is 1.68. The summed E-state index contributed by atoms with van der Waals surface area (Å²) >= 11 is 1.61. The van der Waals surface area contributed by atoms with Gasteiger partial charge in [0.05, 0.1) is 18.5 Å². The third kappa shape index (κ3) is 4.80. The molecule has 2 rings (SSSR count). The SMILES string of the molecule is CCN(Cc1cccs1)C(=O)c1ccc(C)c(NS(C)(=O)=O)c1. The largest absolute Gasteiger partial charge is 0.334 e. The summed E-state index contributed by atoms with van der Waals surface area (Å²) in [4.78, 5) is 15.5. The van der Waals surface area contributed by atoms with E-state index in [-0.39, 0.29) is 5.91 Å². The van der Waals surface area contributed by atoms with Crippen LogP contribution in [0.5, 0.6) is 0 Å². The molecular weight excluding hydrogens is 332 g/mol. The minimum absolute atomic E-state index is 0.113. The highest BCUT2D eigenvalue weighted by molar-refractivity contribution is 7.92. The van der Waals surface area contributed by atoms with Crippen LogP contribution in [0.3, 0.4) is 0 Å². The topological polar surface area (TPSA) is 66.5 Å². The van der Waals surface area contributed by atoms with Gasteiger partial charge in [-0.15, -0.1) is 11.3 Å². The van der Waals surface area contributed by atoms with E-state index in [1.165, 1.54) is 0 Å². The Labute approximate surface area is 141 Å². The van der Waals surface area contributed by atoms with Crippen LogP contribution in [0.4, 0.5) is 5.69 Å². The molecule has 0 aliphatic carbocycles. The second kappa shape index (κ2) is 7.14. The molecule has 1 heterocycles. The Morgan fingerprint density at radius 1 is 1.30 bits per heavy atom. The van der Waals surface area contributed by atoms with Crippen molar-refractivity contribution in [2.45, 2.75) is 20.4 Å². The average Bonchev–Trinajstić information content (AvgIpc) is 2.98. The van der Waals surface area contributed by atoms with Crippen LogP contribution in [-0.4, -0.2) is 32.0 Å². The highest BCUT2D eigenvalue weighted by Crippen LogP contribution is 2.20. The third-order valence-corrected chi connectivity index (χ3v) is 4.83. The van der Waals surface area contributed by atoms with Crippen molar-refractivity contribution in [2.75, 3.05) is 17.5 Å². The summed E-state index contributed by atoms with van der Waals surface area (Å²) in [5, 5.41) is 1.98. The fraction of sp³-hybridized carbons (Fsp3) is 0.312. The second-order valence-corrected chi connectivity index (χ2v) is 8.08. The standard InChI is InChI=1S/C16H20N2O3S2/c1-4-18(11-14-6-5-9-22-14)16(19)13-8-7-12(2)15(10-13)17-23(3,20)21/h5-10,17H,4,11H2,1-3H3. The highest BCUT2D eigenvalue weighted by atomic mass is 32.2. The van der Waals surface area contributed by atoms with Gasteiger partial charge in [-0.1, -0.05) is 12.1 Å². The van der Waals surface area contributed by atoms with Crippen molar-refractivity contribution in [1.82, 2.24) is 4.90 Å². The molecule has 1 amide bonds. The Bertz CT molecular complexity index is 784. The maximum absolute atomic E-state index is 12.7. The zero-order valence-electron chi connectivity index (χ0n) is 13.4. The Morgan fingerprint density at radius 3 is 2.61 bits per heavy atom. The highest BCUT2D eigenvalue weighted by Gasteiger charge is 2.17. The van der Waals surface area contributed by atoms with Crippen molar-refractivity contribution in [3.8, 4) is 0 Å². The molecule has 1 aromatic carbocycles. The molecule has 0 bridgehead atoms. The molecule has 0 radical (unpaired) electrons. The van der Waals surface area contributed by atoms with Crippen LogP contribution < -0.4 is 4.72 Å². The van der Waals surface area contributed by atoms with E-state index in [1.807, 2.05) is 24.4 Å². The lowest BCUT2D eigenvalue weighted by atomic mass is 10.1. The molecule has 0 aliphatic heterocycles. The first-order chi connectivity index (χ1) is 10.8. The van der Waals surface area contributed by atoms with Gasteiger partial charge >= 0.3 is 0 Å². The lowest BCUT2D eigenvalue weighted by molar-refractivity contribution is 0.0754. The molecule has 0 saturated heterocycles. The summed E-state index contributed by atoms with van der Waals surface area (Å²) in [6.07, 6.45) is 1.09. The van der Waals surface area contributed by atoms with E-state index in [1.54, 1.807) is 41.4 Å². The number of hydrogen-bond donors (Lipinski definition) is 1. The smallest absolute Gasteiger partial charge is 0.254 e. The van der Waals surface area contributed by atoms with Crippen LogP contribution in [0.1, 0.15) is 27.7 Å². The molecule has 5 nitrogen and oxygen atoms in total. The van der Waals surface area contributed by atoms with E-state index in [4.69, 9.17) is 0 Å². The Balaban J connectivity index is 2.25. The number of aryl methyl sites for hydroxylation is 1. The molecule has 0 saturated carbocycles. The van der Waals surface area contributed by atoms with Crippen LogP contribution in [0.15, 0.2) is 35.7 Å². The predicted octanol–water partition coefficient (Wildman–Crippen LogP) is 3.09. The van der Waals surface area contributed by atoms with Gasteiger partial charge in [-0.25, -0.2) is 8.42 Å². The fourth-order valence-corrected chi connectivity index (χ4v) is 3.50. The van der Waals surface area contributed by atoms with Crippen molar-refractivity contribution in [3.05, 3.63) is 51.7 Å². The number of amides is 1. The molecule has 0 spiro atoms. The van der Waals surface area contributed by atoms with Crippen LogP contribution in [0, 0.1) is 6.92 Å². The van der Waals surface area contributed by atoms with Crippen molar-refractivity contribution < 1.29 is 13.2 Å². The number of anilines is 1. The molecule has 7 heteroatoms. The van der Waals surface area contributed by atoms with Crippen LogP contribution in [0.25, 0.3) is 0 Å². The van der Waals surface area contributed by atoms with Crippen molar-refractivity contribution >= 4 is 33.0 Å². The lowest BCUT2D eigenvalue weighted by Gasteiger charge is -2.21. The molecule has 1 aromatic heterocycles. The molecule has 0 atom stereocenters. The summed E-state index contributed by atoms with van der Waals surface area (Å²) < 4.78 is 25.3. The number of nitrogens with one attached hydrogen (secondary N) is 1. The zero-order valence-corrected chi connectivity index (χ0v) is 15.0. The molecule has 2 aromatic rings. The van der Waals surface area contributed by atoms with E-state index in [0.29, 0.717) is 24.3 Å². The normalized spacial score (nSPS) is 11.3. The molecule has 23 heavy (non-hydrogen) atoms. The minimum Gasteiger partial charge on any atom is -0.334 e. The summed E-state index contributed by atoms with van der Waals surface area (Å²) in [6, 6.07) is 9.02. The van der Waals surface area contributed by atoms with Crippen molar-refractivity contribution in [2.24, 2.45) is 0 Å². The number of nitrogens with zero attached hydrogens (tertiary/aromatic N) is 1. The predicted molar refractivity (Wildman–Crippen MR) is 94.4 cm³/mol. The van der Waals surface area contributed by atoms with Gasteiger partial charge in [0.25, 0.3) is 5.91 Å². The number of benzene rings is 1. The number of rotatable bonds is 6. The van der Waals surface area contributed by atoms with Gasteiger partial charge in [0.15, 0.2) is 0 Å². The Morgan fingerprint density at radius 2 is 2.04 bits per heavy atom. The van der Waals surface area contributed by atoms with E-state index < -0.39 is 10.0 Å². The number of carbonyl (C=O) groups is 1. The molecule has 124 valence electrons. The summed E-state index contributed by atoms with van der Waals surface area (Å²) in [7, 11) is -3.38. The average molecular weight is 352 g/mol. The Kier molecular flexibility index (Phi) is 5.43. The second-order valence-electron chi connectivity index (χ2n) is 5.30. The first-order valence-electron chi connectivity index (χ1n) is 7.20. The molecule has 0 unspecified atom stereocenters. The molecule has 0 aliphatic rings. The first kappa shape index (κ1) is 17.5. The van der Waals surface area contributed by atoms with Gasteiger partial charge < -0.3 is 4.90 Å². The monoisotopic (exact) mass is 352 g/mol. The van der Waals surface area contributed by atoms with Gasteiger partial charge in [0.2, 0.25) is 10.0 Å². The maximum Gasteiger partial charge on any atom is 0.254 e. The summed E-state index contributed by atoms with van der Waals surface area (Å²) in [6.45, 7) is 4.86. The van der Waals surface area contributed by atoms with E-state index in [0.717, 1.165) is 16.7 Å². The van der Waals surface area contributed by atoms with Gasteiger partial charge in [-0.05, 0) is 43.0 Å². The minimum atomic E-state index is -3.38. The first-order valence-corrected chi connectivity index (χ1v) is 9.97. The van der Waals surface area contributed by atoms with Crippen LogP contribution in [-0.2, 0) is 16.6 Å². The third-order valence-electron chi connectivity index (χ3n) is 3.38. The van der Waals surface area contributed by atoms with Crippen molar-refractivity contribution in [1.29, 1.82) is 0 Å². The molecule has 1 N–H and O–H groups in total. The molecular formula is C16H20N2O3S2. The Hall–Kier alpha value is -1.86. The quantitative estimate of drug-likeness (QED) is 0.869. The number of sulfonamides is 1. The van der Waals surface area contributed by atoms with Crippen LogP contribution >= 0.6 is 11.3 Å². The van der Waals surface area contributed by atoms with Gasteiger partial charge in [0.1, 0.15) is 0 Å². The number of hydrogen-bond acceptors (Lipinski definition) is 4. The van der Waals surface area contributed by atoms with Crippen LogP contribution in [0.2, 0.25) is 0 Å². The van der Waals surface area contributed by atoms with E-state index >= 15 is 0 Å². The van der Waals surface area contributed by atoms with Crippen molar-refractivity contribution in [3.63, 3.8) is 0 Å².